The fraction of sp³-hybridized carbons (Fsp3) is 0.667. The molecule has 2 atom stereocenters. The van der Waals surface area contributed by atoms with Crippen LogP contribution in [-0.2, 0) is 6.42 Å². The van der Waals surface area contributed by atoms with Gasteiger partial charge in [-0.1, -0.05) is 32.0 Å². The molecular weight excluding hydrogens is 465 g/mol. The van der Waals surface area contributed by atoms with Gasteiger partial charge in [-0.15, -0.1) is 24.0 Å². The van der Waals surface area contributed by atoms with Crippen molar-refractivity contribution < 1.29 is 4.74 Å². The van der Waals surface area contributed by atoms with E-state index in [1.165, 1.54) is 5.56 Å². The van der Waals surface area contributed by atoms with Gasteiger partial charge in [0.05, 0.1) is 6.54 Å². The highest BCUT2D eigenvalue weighted by molar-refractivity contribution is 14.0. The van der Waals surface area contributed by atoms with E-state index in [9.17, 15) is 0 Å². The van der Waals surface area contributed by atoms with Crippen molar-refractivity contribution in [2.45, 2.75) is 32.4 Å². The molecular formula is C21H36IN5O. The number of halogens is 1. The summed E-state index contributed by atoms with van der Waals surface area (Å²) in [5, 5.41) is 6.97. The van der Waals surface area contributed by atoms with Crippen molar-refractivity contribution in [1.29, 1.82) is 0 Å². The van der Waals surface area contributed by atoms with Crippen molar-refractivity contribution in [3.8, 4) is 5.75 Å². The molecule has 2 aliphatic heterocycles. The molecule has 2 heterocycles. The molecule has 0 spiro atoms. The number of guanidine groups is 1. The molecule has 1 fully saturated rings. The predicted molar refractivity (Wildman–Crippen MR) is 127 cm³/mol. The highest BCUT2D eigenvalue weighted by atomic mass is 127. The largest absolute Gasteiger partial charge is 0.488 e. The molecule has 0 aliphatic carbocycles. The monoisotopic (exact) mass is 501 g/mol. The number of piperazine rings is 1. The SMILES string of the molecule is CN=C(NCC1Cc2ccccc2O1)NCC(C(C)C)N1CCN(C)CC1.I. The smallest absolute Gasteiger partial charge is 0.191 e. The highest BCUT2D eigenvalue weighted by Crippen LogP contribution is 2.27. The van der Waals surface area contributed by atoms with E-state index < -0.39 is 0 Å². The zero-order valence-electron chi connectivity index (χ0n) is 17.6. The van der Waals surface area contributed by atoms with Gasteiger partial charge in [-0.25, -0.2) is 0 Å². The molecule has 0 saturated carbocycles. The van der Waals surface area contributed by atoms with E-state index in [-0.39, 0.29) is 30.1 Å². The van der Waals surface area contributed by atoms with Crippen LogP contribution in [0.1, 0.15) is 19.4 Å². The first-order valence-electron chi connectivity index (χ1n) is 10.2. The van der Waals surface area contributed by atoms with Gasteiger partial charge in [-0.05, 0) is 24.6 Å². The Labute approximate surface area is 187 Å². The summed E-state index contributed by atoms with van der Waals surface area (Å²) in [6.07, 6.45) is 1.12. The fourth-order valence-corrected chi connectivity index (χ4v) is 3.94. The van der Waals surface area contributed by atoms with Gasteiger partial charge in [0, 0.05) is 52.2 Å². The van der Waals surface area contributed by atoms with Crippen molar-refractivity contribution in [2.24, 2.45) is 10.9 Å². The van der Waals surface area contributed by atoms with Crippen molar-refractivity contribution in [1.82, 2.24) is 20.4 Å². The molecule has 1 aromatic rings. The minimum absolute atomic E-state index is 0. The quantitative estimate of drug-likeness (QED) is 0.355. The molecule has 1 aromatic carbocycles. The first-order chi connectivity index (χ1) is 13.1. The second kappa shape index (κ2) is 11.2. The lowest BCUT2D eigenvalue weighted by molar-refractivity contribution is 0.0899. The molecule has 2 N–H and O–H groups in total. The fourth-order valence-electron chi connectivity index (χ4n) is 3.94. The Balaban J connectivity index is 0.00000280. The van der Waals surface area contributed by atoms with Gasteiger partial charge >= 0.3 is 0 Å². The van der Waals surface area contributed by atoms with Crippen LogP contribution in [0.25, 0.3) is 0 Å². The third kappa shape index (κ3) is 6.22. The van der Waals surface area contributed by atoms with E-state index in [1.54, 1.807) is 0 Å². The Bertz CT molecular complexity index is 606. The summed E-state index contributed by atoms with van der Waals surface area (Å²) >= 11 is 0. The molecule has 2 aliphatic rings. The first kappa shape index (κ1) is 23.2. The number of nitrogens with zero attached hydrogens (tertiary/aromatic N) is 3. The third-order valence-corrected chi connectivity index (χ3v) is 5.69. The number of rotatable bonds is 6. The minimum Gasteiger partial charge on any atom is -0.488 e. The molecule has 3 rings (SSSR count). The molecule has 158 valence electrons. The van der Waals surface area contributed by atoms with Crippen molar-refractivity contribution in [2.75, 3.05) is 53.4 Å². The first-order valence-corrected chi connectivity index (χ1v) is 10.2. The second-order valence-corrected chi connectivity index (χ2v) is 8.04. The van der Waals surface area contributed by atoms with E-state index in [0.717, 1.165) is 57.4 Å². The molecule has 1 saturated heterocycles. The minimum atomic E-state index is 0. The highest BCUT2D eigenvalue weighted by Gasteiger charge is 2.26. The molecule has 2 unspecified atom stereocenters. The number of ether oxygens (including phenoxy) is 1. The van der Waals surface area contributed by atoms with Crippen molar-refractivity contribution >= 4 is 29.9 Å². The summed E-state index contributed by atoms with van der Waals surface area (Å²) in [5.41, 5.74) is 1.29. The number of nitrogens with one attached hydrogen (secondary N) is 2. The lowest BCUT2D eigenvalue weighted by Crippen LogP contribution is -2.55. The molecule has 28 heavy (non-hydrogen) atoms. The van der Waals surface area contributed by atoms with Crippen LogP contribution in [0.5, 0.6) is 5.75 Å². The number of hydrogen-bond acceptors (Lipinski definition) is 4. The molecule has 0 amide bonds. The van der Waals surface area contributed by atoms with Crippen LogP contribution in [0, 0.1) is 5.92 Å². The lowest BCUT2D eigenvalue weighted by Gasteiger charge is -2.40. The zero-order chi connectivity index (χ0) is 19.2. The summed E-state index contributed by atoms with van der Waals surface area (Å²) < 4.78 is 6.01. The predicted octanol–water partition coefficient (Wildman–Crippen LogP) is 2.05. The molecule has 0 radical (unpaired) electrons. The lowest BCUT2D eigenvalue weighted by atomic mass is 10.0. The van der Waals surface area contributed by atoms with Gasteiger partial charge < -0.3 is 20.3 Å². The number of para-hydroxylation sites is 1. The van der Waals surface area contributed by atoms with Crippen LogP contribution in [0.3, 0.4) is 0 Å². The van der Waals surface area contributed by atoms with Crippen molar-refractivity contribution in [3.05, 3.63) is 29.8 Å². The van der Waals surface area contributed by atoms with E-state index in [4.69, 9.17) is 4.74 Å². The molecule has 7 heteroatoms. The van der Waals surface area contributed by atoms with Crippen LogP contribution in [0.2, 0.25) is 0 Å². The summed E-state index contributed by atoms with van der Waals surface area (Å²) in [6, 6.07) is 8.81. The topological polar surface area (TPSA) is 52.1 Å². The maximum Gasteiger partial charge on any atom is 0.191 e. The maximum absolute atomic E-state index is 6.01. The van der Waals surface area contributed by atoms with Gasteiger partial charge in [0.2, 0.25) is 0 Å². The van der Waals surface area contributed by atoms with E-state index in [1.807, 2.05) is 19.2 Å². The van der Waals surface area contributed by atoms with E-state index in [0.29, 0.717) is 12.0 Å². The zero-order valence-corrected chi connectivity index (χ0v) is 20.0. The Morgan fingerprint density at radius 1 is 1.18 bits per heavy atom. The normalized spacial score (nSPS) is 21.6. The van der Waals surface area contributed by atoms with Gasteiger partial charge in [0.1, 0.15) is 11.9 Å². The summed E-state index contributed by atoms with van der Waals surface area (Å²) in [4.78, 5) is 9.42. The summed E-state index contributed by atoms with van der Waals surface area (Å²) in [7, 11) is 4.04. The third-order valence-electron chi connectivity index (χ3n) is 5.69. The van der Waals surface area contributed by atoms with Gasteiger partial charge in [0.15, 0.2) is 5.96 Å². The Kier molecular flexibility index (Phi) is 9.30. The van der Waals surface area contributed by atoms with Gasteiger partial charge in [-0.2, -0.15) is 0 Å². The molecule has 6 nitrogen and oxygen atoms in total. The Hall–Kier alpha value is -1.06. The van der Waals surface area contributed by atoms with Crippen LogP contribution in [0.4, 0.5) is 0 Å². The average Bonchev–Trinajstić information content (AvgIpc) is 3.08. The van der Waals surface area contributed by atoms with Crippen LogP contribution >= 0.6 is 24.0 Å². The van der Waals surface area contributed by atoms with Gasteiger partial charge in [0.25, 0.3) is 0 Å². The Morgan fingerprint density at radius 3 is 2.54 bits per heavy atom. The maximum atomic E-state index is 6.01. The number of aliphatic imine (C=N–C) groups is 1. The van der Waals surface area contributed by atoms with Crippen LogP contribution in [0.15, 0.2) is 29.3 Å². The van der Waals surface area contributed by atoms with Crippen LogP contribution < -0.4 is 15.4 Å². The van der Waals surface area contributed by atoms with E-state index >= 15 is 0 Å². The van der Waals surface area contributed by atoms with Crippen molar-refractivity contribution in [3.63, 3.8) is 0 Å². The van der Waals surface area contributed by atoms with Gasteiger partial charge in [-0.3, -0.25) is 9.89 Å². The number of benzene rings is 1. The summed E-state index contributed by atoms with van der Waals surface area (Å²) in [6.45, 7) is 10.9. The summed E-state index contributed by atoms with van der Waals surface area (Å²) in [5.74, 6) is 2.48. The number of fused-ring (bicyclic) bond motifs is 1. The Morgan fingerprint density at radius 2 is 1.89 bits per heavy atom. The number of likely N-dealkylation sites (N-methyl/N-ethyl adjacent to an activating group) is 1. The standard InChI is InChI=1S/C21H35N5O.HI/c1-16(2)19(26-11-9-25(4)10-12-26)15-24-21(22-3)23-14-18-13-17-7-5-6-8-20(17)27-18;/h5-8,16,18-19H,9-15H2,1-4H3,(H2,22,23,24);1H. The molecule has 0 bridgehead atoms. The van der Waals surface area contributed by atoms with E-state index in [2.05, 4.69) is 58.5 Å². The number of hydrogen-bond donors (Lipinski definition) is 2. The average molecular weight is 501 g/mol. The van der Waals surface area contributed by atoms with Crippen LogP contribution in [-0.4, -0.2) is 81.3 Å². The second-order valence-electron chi connectivity index (χ2n) is 8.04. The molecule has 0 aromatic heterocycles.